The van der Waals surface area contributed by atoms with Crippen molar-refractivity contribution in [3.05, 3.63) is 39.9 Å². The van der Waals surface area contributed by atoms with Crippen molar-refractivity contribution >= 4 is 17.4 Å². The predicted octanol–water partition coefficient (Wildman–Crippen LogP) is 1.90. The van der Waals surface area contributed by atoms with Crippen LogP contribution in [0.1, 0.15) is 24.8 Å². The molecule has 7 heteroatoms. The number of nitrogens with zero attached hydrogens (tertiary/aromatic N) is 2. The number of non-ortho nitro benzene ring substituents is 1. The third-order valence-electron chi connectivity index (χ3n) is 4.07. The van der Waals surface area contributed by atoms with E-state index in [0.717, 1.165) is 0 Å². The molecule has 7 nitrogen and oxygen atoms in total. The van der Waals surface area contributed by atoms with Gasteiger partial charge in [-0.15, -0.1) is 0 Å². The molecule has 0 heterocycles. The molecule has 2 atom stereocenters. The Morgan fingerprint density at radius 1 is 1.45 bits per heavy atom. The second kappa shape index (κ2) is 5.93. The zero-order valence-corrected chi connectivity index (χ0v) is 11.9. The lowest BCUT2D eigenvalue weighted by Gasteiger charge is -2.34. The Balaban J connectivity index is 2.36. The number of methoxy groups -OCH3 is 1. The highest BCUT2D eigenvalue weighted by Crippen LogP contribution is 2.41. The van der Waals surface area contributed by atoms with E-state index in [1.165, 1.54) is 31.4 Å². The SMILES string of the molecule is COC(=O)C1CC(C#N)(c2ccc([N+](=O)[O-])cc2)CCC1=O. The van der Waals surface area contributed by atoms with Crippen molar-refractivity contribution in [2.24, 2.45) is 5.92 Å². The zero-order valence-electron chi connectivity index (χ0n) is 11.9. The van der Waals surface area contributed by atoms with Gasteiger partial charge in [-0.1, -0.05) is 12.1 Å². The minimum Gasteiger partial charge on any atom is -0.468 e. The van der Waals surface area contributed by atoms with Gasteiger partial charge in [0, 0.05) is 18.6 Å². The van der Waals surface area contributed by atoms with E-state index >= 15 is 0 Å². The van der Waals surface area contributed by atoms with Crippen LogP contribution < -0.4 is 0 Å². The average molecular weight is 302 g/mol. The van der Waals surface area contributed by atoms with E-state index < -0.39 is 22.2 Å². The Hall–Kier alpha value is -2.75. The second-order valence-electron chi connectivity index (χ2n) is 5.24. The van der Waals surface area contributed by atoms with Crippen LogP contribution in [-0.4, -0.2) is 23.8 Å². The van der Waals surface area contributed by atoms with E-state index in [0.29, 0.717) is 5.56 Å². The first-order chi connectivity index (χ1) is 10.4. The summed E-state index contributed by atoms with van der Waals surface area (Å²) < 4.78 is 4.63. The Morgan fingerprint density at radius 2 is 2.09 bits per heavy atom. The number of esters is 1. The Labute approximate surface area is 126 Å². The minimum absolute atomic E-state index is 0.0345. The van der Waals surface area contributed by atoms with Crippen LogP contribution in [0.4, 0.5) is 5.69 Å². The molecule has 0 aliphatic heterocycles. The van der Waals surface area contributed by atoms with Gasteiger partial charge in [0.25, 0.3) is 5.69 Å². The van der Waals surface area contributed by atoms with Crippen molar-refractivity contribution in [1.29, 1.82) is 5.26 Å². The highest BCUT2D eigenvalue weighted by Gasteiger charge is 2.45. The molecule has 0 spiro atoms. The van der Waals surface area contributed by atoms with Gasteiger partial charge in [-0.05, 0) is 18.4 Å². The molecule has 1 fully saturated rings. The summed E-state index contributed by atoms with van der Waals surface area (Å²) in [6, 6.07) is 7.83. The number of Topliss-reactive ketones (excluding diaryl/α,β-unsaturated/α-hetero) is 1. The molecule has 0 bridgehead atoms. The molecule has 0 radical (unpaired) electrons. The van der Waals surface area contributed by atoms with Gasteiger partial charge in [-0.2, -0.15) is 5.26 Å². The van der Waals surface area contributed by atoms with Crippen LogP contribution >= 0.6 is 0 Å². The fraction of sp³-hybridized carbons (Fsp3) is 0.400. The molecule has 1 aliphatic rings. The van der Waals surface area contributed by atoms with Gasteiger partial charge < -0.3 is 4.74 Å². The van der Waals surface area contributed by atoms with Gasteiger partial charge >= 0.3 is 5.97 Å². The molecule has 0 N–H and O–H groups in total. The molecular weight excluding hydrogens is 288 g/mol. The van der Waals surface area contributed by atoms with Crippen LogP contribution in [-0.2, 0) is 19.7 Å². The molecule has 0 amide bonds. The molecule has 0 saturated heterocycles. The monoisotopic (exact) mass is 302 g/mol. The van der Waals surface area contributed by atoms with Crippen molar-refractivity contribution in [2.45, 2.75) is 24.7 Å². The largest absolute Gasteiger partial charge is 0.468 e. The molecule has 1 aromatic rings. The smallest absolute Gasteiger partial charge is 0.316 e. The first-order valence-corrected chi connectivity index (χ1v) is 6.70. The number of ketones is 1. The summed E-state index contributed by atoms with van der Waals surface area (Å²) in [5, 5.41) is 20.3. The Bertz CT molecular complexity index is 654. The number of ether oxygens (including phenoxy) is 1. The number of hydrogen-bond acceptors (Lipinski definition) is 6. The van der Waals surface area contributed by atoms with Crippen molar-refractivity contribution in [3.63, 3.8) is 0 Å². The van der Waals surface area contributed by atoms with Gasteiger partial charge in [0.15, 0.2) is 0 Å². The number of rotatable bonds is 3. The van der Waals surface area contributed by atoms with Gasteiger partial charge in [0.2, 0.25) is 0 Å². The molecule has 2 rings (SSSR count). The lowest BCUT2D eigenvalue weighted by atomic mass is 9.66. The fourth-order valence-electron chi connectivity index (χ4n) is 2.76. The molecule has 114 valence electrons. The Kier molecular flexibility index (Phi) is 4.22. The van der Waals surface area contributed by atoms with Crippen LogP contribution in [0, 0.1) is 27.4 Å². The third kappa shape index (κ3) is 2.68. The standard InChI is InChI=1S/C15H14N2O5/c1-22-14(19)12-8-15(9-16,7-6-13(12)18)10-2-4-11(5-3-10)17(20)21/h2-5,12H,6-8H2,1H3. The summed E-state index contributed by atoms with van der Waals surface area (Å²) in [4.78, 5) is 33.8. The Morgan fingerprint density at radius 3 is 2.59 bits per heavy atom. The molecule has 2 unspecified atom stereocenters. The maximum atomic E-state index is 11.9. The lowest BCUT2D eigenvalue weighted by Crippen LogP contribution is -2.40. The predicted molar refractivity (Wildman–Crippen MR) is 74.8 cm³/mol. The second-order valence-corrected chi connectivity index (χ2v) is 5.24. The van der Waals surface area contributed by atoms with Crippen LogP contribution in [0.3, 0.4) is 0 Å². The topological polar surface area (TPSA) is 110 Å². The van der Waals surface area contributed by atoms with Crippen molar-refractivity contribution < 1.29 is 19.2 Å². The van der Waals surface area contributed by atoms with E-state index in [-0.39, 0.29) is 30.7 Å². The minimum atomic E-state index is -1.01. The molecular formula is C15H14N2O5. The first-order valence-electron chi connectivity index (χ1n) is 6.70. The number of benzene rings is 1. The fourth-order valence-corrected chi connectivity index (χ4v) is 2.76. The average Bonchev–Trinajstić information content (AvgIpc) is 2.55. The summed E-state index contributed by atoms with van der Waals surface area (Å²) >= 11 is 0. The number of carbonyl (C=O) groups excluding carboxylic acids is 2. The zero-order chi connectivity index (χ0) is 16.3. The van der Waals surface area contributed by atoms with Crippen molar-refractivity contribution in [2.75, 3.05) is 7.11 Å². The molecule has 1 aliphatic carbocycles. The quantitative estimate of drug-likeness (QED) is 0.365. The maximum absolute atomic E-state index is 11.9. The van der Waals surface area contributed by atoms with E-state index in [1.807, 2.05) is 0 Å². The number of nitro benzene ring substituents is 1. The third-order valence-corrected chi connectivity index (χ3v) is 4.07. The molecule has 22 heavy (non-hydrogen) atoms. The van der Waals surface area contributed by atoms with Gasteiger partial charge in [0.05, 0.1) is 23.5 Å². The summed E-state index contributed by atoms with van der Waals surface area (Å²) in [7, 11) is 1.20. The highest BCUT2D eigenvalue weighted by molar-refractivity contribution is 6.00. The summed E-state index contributed by atoms with van der Waals surface area (Å²) in [5.74, 6) is -1.85. The van der Waals surface area contributed by atoms with Crippen molar-refractivity contribution in [1.82, 2.24) is 0 Å². The van der Waals surface area contributed by atoms with E-state index in [9.17, 15) is 25.0 Å². The number of hydrogen-bond donors (Lipinski definition) is 0. The highest BCUT2D eigenvalue weighted by atomic mass is 16.6. The van der Waals surface area contributed by atoms with Gasteiger partial charge in [-0.25, -0.2) is 0 Å². The lowest BCUT2D eigenvalue weighted by molar-refractivity contribution is -0.384. The molecule has 1 aromatic carbocycles. The van der Waals surface area contributed by atoms with Crippen molar-refractivity contribution in [3.8, 4) is 6.07 Å². The van der Waals surface area contributed by atoms with Gasteiger partial charge in [0.1, 0.15) is 11.7 Å². The van der Waals surface area contributed by atoms with Crippen LogP contribution in [0.2, 0.25) is 0 Å². The molecule has 0 aromatic heterocycles. The first kappa shape index (κ1) is 15.6. The number of nitro groups is 1. The van der Waals surface area contributed by atoms with Crippen LogP contribution in [0.15, 0.2) is 24.3 Å². The summed E-state index contributed by atoms with van der Waals surface area (Å²) in [6.07, 6.45) is 0.421. The number of carbonyl (C=O) groups is 2. The van der Waals surface area contributed by atoms with Crippen LogP contribution in [0.5, 0.6) is 0 Å². The number of nitriles is 1. The maximum Gasteiger partial charge on any atom is 0.316 e. The van der Waals surface area contributed by atoms with E-state index in [2.05, 4.69) is 10.8 Å². The summed E-state index contributed by atoms with van der Waals surface area (Å²) in [6.45, 7) is 0. The van der Waals surface area contributed by atoms with E-state index in [1.54, 1.807) is 0 Å². The van der Waals surface area contributed by atoms with Gasteiger partial charge in [-0.3, -0.25) is 19.7 Å². The van der Waals surface area contributed by atoms with E-state index in [4.69, 9.17) is 0 Å². The normalized spacial score (nSPS) is 24.4. The summed E-state index contributed by atoms with van der Waals surface area (Å²) in [5.41, 5.74) is -0.516. The van der Waals surface area contributed by atoms with Crippen LogP contribution in [0.25, 0.3) is 0 Å². The molecule has 1 saturated carbocycles.